The maximum absolute atomic E-state index is 12.0. The molecular formula is C12H17NO2. The summed E-state index contributed by atoms with van der Waals surface area (Å²) in [7, 11) is 3.42. The minimum Gasteiger partial charge on any atom is -0.496 e. The molecule has 0 amide bonds. The fraction of sp³-hybridized carbons (Fsp3) is 0.417. The molecule has 1 aromatic rings. The van der Waals surface area contributed by atoms with Gasteiger partial charge in [-0.25, -0.2) is 0 Å². The number of carbonyl (C=O) groups excluding carboxylic acids is 1. The molecule has 1 atom stereocenters. The van der Waals surface area contributed by atoms with Gasteiger partial charge in [0.25, 0.3) is 0 Å². The van der Waals surface area contributed by atoms with Gasteiger partial charge in [0.1, 0.15) is 5.75 Å². The summed E-state index contributed by atoms with van der Waals surface area (Å²) < 4.78 is 5.15. The van der Waals surface area contributed by atoms with Gasteiger partial charge in [-0.3, -0.25) is 4.79 Å². The fourth-order valence-corrected chi connectivity index (χ4v) is 1.51. The number of hydrogen-bond donors (Lipinski definition) is 1. The maximum atomic E-state index is 12.0. The van der Waals surface area contributed by atoms with Crippen molar-refractivity contribution in [2.75, 3.05) is 20.7 Å². The molecule has 1 rings (SSSR count). The first-order valence-corrected chi connectivity index (χ1v) is 5.02. The van der Waals surface area contributed by atoms with Gasteiger partial charge in [0.05, 0.1) is 12.7 Å². The highest BCUT2D eigenvalue weighted by atomic mass is 16.5. The second-order valence-corrected chi connectivity index (χ2v) is 3.52. The number of carbonyl (C=O) groups is 1. The molecule has 0 aromatic heterocycles. The molecule has 0 aliphatic heterocycles. The van der Waals surface area contributed by atoms with E-state index < -0.39 is 0 Å². The molecule has 0 aliphatic rings. The molecule has 1 N–H and O–H groups in total. The topological polar surface area (TPSA) is 38.3 Å². The van der Waals surface area contributed by atoms with Crippen LogP contribution in [0, 0.1) is 5.92 Å². The molecule has 0 bridgehead atoms. The second-order valence-electron chi connectivity index (χ2n) is 3.52. The van der Waals surface area contributed by atoms with E-state index in [1.54, 1.807) is 19.2 Å². The van der Waals surface area contributed by atoms with Crippen molar-refractivity contribution in [2.24, 2.45) is 5.92 Å². The lowest BCUT2D eigenvalue weighted by Gasteiger charge is -2.12. The van der Waals surface area contributed by atoms with Crippen molar-refractivity contribution in [3.63, 3.8) is 0 Å². The van der Waals surface area contributed by atoms with Crippen LogP contribution in [0.5, 0.6) is 5.75 Å². The summed E-state index contributed by atoms with van der Waals surface area (Å²) in [5.74, 6) is 0.721. The average molecular weight is 207 g/mol. The molecule has 1 unspecified atom stereocenters. The first kappa shape index (κ1) is 11.7. The van der Waals surface area contributed by atoms with Gasteiger partial charge in [0.2, 0.25) is 0 Å². The Balaban J connectivity index is 2.90. The number of Topliss-reactive ketones (excluding diaryl/α,β-unsaturated/α-hetero) is 1. The highest BCUT2D eigenvalue weighted by Crippen LogP contribution is 2.20. The third-order valence-electron chi connectivity index (χ3n) is 2.33. The summed E-state index contributed by atoms with van der Waals surface area (Å²) in [6.07, 6.45) is 0. The van der Waals surface area contributed by atoms with E-state index in [1.165, 1.54) is 0 Å². The van der Waals surface area contributed by atoms with Crippen molar-refractivity contribution in [3.8, 4) is 5.75 Å². The Morgan fingerprint density at radius 1 is 1.47 bits per heavy atom. The average Bonchev–Trinajstić information content (AvgIpc) is 2.28. The highest BCUT2D eigenvalue weighted by molar-refractivity contribution is 6.00. The van der Waals surface area contributed by atoms with E-state index >= 15 is 0 Å². The van der Waals surface area contributed by atoms with Gasteiger partial charge in [-0.1, -0.05) is 19.1 Å². The number of benzene rings is 1. The third kappa shape index (κ3) is 2.80. The molecule has 82 valence electrons. The molecule has 0 saturated carbocycles. The SMILES string of the molecule is CNCC(C)C(=O)c1ccccc1OC. The van der Waals surface area contributed by atoms with Crippen molar-refractivity contribution in [1.29, 1.82) is 0 Å². The summed E-state index contributed by atoms with van der Waals surface area (Å²) in [6, 6.07) is 7.31. The Labute approximate surface area is 90.4 Å². The van der Waals surface area contributed by atoms with Gasteiger partial charge in [0.15, 0.2) is 5.78 Å². The van der Waals surface area contributed by atoms with Crippen LogP contribution in [-0.2, 0) is 0 Å². The van der Waals surface area contributed by atoms with E-state index in [2.05, 4.69) is 5.32 Å². The van der Waals surface area contributed by atoms with Crippen LogP contribution in [0.15, 0.2) is 24.3 Å². The minimum absolute atomic E-state index is 0.0358. The van der Waals surface area contributed by atoms with E-state index in [4.69, 9.17) is 4.74 Å². The van der Waals surface area contributed by atoms with Crippen molar-refractivity contribution in [1.82, 2.24) is 5.32 Å². The molecule has 0 aliphatic carbocycles. The second kappa shape index (κ2) is 5.51. The number of rotatable bonds is 5. The van der Waals surface area contributed by atoms with Crippen LogP contribution in [0.25, 0.3) is 0 Å². The van der Waals surface area contributed by atoms with Gasteiger partial charge in [0, 0.05) is 12.5 Å². The van der Waals surface area contributed by atoms with Gasteiger partial charge in [-0.2, -0.15) is 0 Å². The Morgan fingerprint density at radius 2 is 2.13 bits per heavy atom. The van der Waals surface area contributed by atoms with E-state index in [1.807, 2.05) is 26.1 Å². The zero-order valence-corrected chi connectivity index (χ0v) is 9.41. The molecule has 0 fully saturated rings. The lowest BCUT2D eigenvalue weighted by Crippen LogP contribution is -2.24. The van der Waals surface area contributed by atoms with Gasteiger partial charge in [-0.15, -0.1) is 0 Å². The van der Waals surface area contributed by atoms with Crippen molar-refractivity contribution < 1.29 is 9.53 Å². The first-order chi connectivity index (χ1) is 7.20. The van der Waals surface area contributed by atoms with Crippen molar-refractivity contribution in [3.05, 3.63) is 29.8 Å². The van der Waals surface area contributed by atoms with E-state index in [-0.39, 0.29) is 11.7 Å². The smallest absolute Gasteiger partial charge is 0.170 e. The Kier molecular flexibility index (Phi) is 4.31. The Hall–Kier alpha value is -1.35. The molecule has 1 aromatic carbocycles. The zero-order chi connectivity index (χ0) is 11.3. The molecule has 3 heteroatoms. The van der Waals surface area contributed by atoms with Gasteiger partial charge in [-0.05, 0) is 19.2 Å². The van der Waals surface area contributed by atoms with E-state index in [9.17, 15) is 4.79 Å². The van der Waals surface area contributed by atoms with Gasteiger partial charge < -0.3 is 10.1 Å². The summed E-state index contributed by atoms with van der Waals surface area (Å²) in [5, 5.41) is 2.99. The number of para-hydroxylation sites is 1. The number of ether oxygens (including phenoxy) is 1. The summed E-state index contributed by atoms with van der Waals surface area (Å²) >= 11 is 0. The normalized spacial score (nSPS) is 12.2. The summed E-state index contributed by atoms with van der Waals surface area (Å²) in [6.45, 7) is 2.59. The summed E-state index contributed by atoms with van der Waals surface area (Å²) in [4.78, 5) is 12.0. The van der Waals surface area contributed by atoms with Crippen LogP contribution >= 0.6 is 0 Å². The molecule has 0 radical (unpaired) electrons. The minimum atomic E-state index is -0.0358. The maximum Gasteiger partial charge on any atom is 0.170 e. The fourth-order valence-electron chi connectivity index (χ4n) is 1.51. The van der Waals surface area contributed by atoms with E-state index in [0.717, 1.165) is 0 Å². The van der Waals surface area contributed by atoms with Crippen LogP contribution in [0.4, 0.5) is 0 Å². The highest BCUT2D eigenvalue weighted by Gasteiger charge is 2.17. The summed E-state index contributed by atoms with van der Waals surface area (Å²) in [5.41, 5.74) is 0.655. The van der Waals surface area contributed by atoms with Gasteiger partial charge >= 0.3 is 0 Å². The monoisotopic (exact) mass is 207 g/mol. The quantitative estimate of drug-likeness (QED) is 0.747. The molecular weight excluding hydrogens is 190 g/mol. The molecule has 15 heavy (non-hydrogen) atoms. The molecule has 0 saturated heterocycles. The number of ketones is 1. The number of nitrogens with one attached hydrogen (secondary N) is 1. The molecule has 0 spiro atoms. The van der Waals surface area contributed by atoms with Crippen LogP contribution in [0.2, 0.25) is 0 Å². The third-order valence-corrected chi connectivity index (χ3v) is 2.33. The van der Waals surface area contributed by atoms with Crippen LogP contribution in [-0.4, -0.2) is 26.5 Å². The standard InChI is InChI=1S/C12H17NO2/c1-9(8-13-2)12(14)10-6-4-5-7-11(10)15-3/h4-7,9,13H,8H2,1-3H3. The van der Waals surface area contributed by atoms with Crippen molar-refractivity contribution in [2.45, 2.75) is 6.92 Å². The van der Waals surface area contributed by atoms with Crippen LogP contribution < -0.4 is 10.1 Å². The largest absolute Gasteiger partial charge is 0.496 e. The first-order valence-electron chi connectivity index (χ1n) is 5.02. The van der Waals surface area contributed by atoms with Crippen LogP contribution in [0.3, 0.4) is 0 Å². The predicted octanol–water partition coefficient (Wildman–Crippen LogP) is 1.73. The van der Waals surface area contributed by atoms with E-state index in [0.29, 0.717) is 17.9 Å². The number of methoxy groups -OCH3 is 1. The Morgan fingerprint density at radius 3 is 2.73 bits per heavy atom. The van der Waals surface area contributed by atoms with Crippen LogP contribution in [0.1, 0.15) is 17.3 Å². The Bertz CT molecular complexity index is 336. The molecule has 3 nitrogen and oxygen atoms in total. The lowest BCUT2D eigenvalue weighted by molar-refractivity contribution is 0.0927. The predicted molar refractivity (Wildman–Crippen MR) is 60.4 cm³/mol. The number of hydrogen-bond acceptors (Lipinski definition) is 3. The van der Waals surface area contributed by atoms with Crippen molar-refractivity contribution >= 4 is 5.78 Å². The molecule has 0 heterocycles. The zero-order valence-electron chi connectivity index (χ0n) is 9.41. The lowest BCUT2D eigenvalue weighted by atomic mass is 9.98.